The van der Waals surface area contributed by atoms with Gasteiger partial charge < -0.3 is 25.2 Å². The van der Waals surface area contributed by atoms with Gasteiger partial charge >= 0.3 is 0 Å². The third kappa shape index (κ3) is 3.68. The molecule has 1 saturated heterocycles. The van der Waals surface area contributed by atoms with Crippen LogP contribution in [0.3, 0.4) is 0 Å². The van der Waals surface area contributed by atoms with Crippen molar-refractivity contribution in [2.45, 2.75) is 44.3 Å². The Morgan fingerprint density at radius 3 is 2.75 bits per heavy atom. The van der Waals surface area contributed by atoms with E-state index in [2.05, 4.69) is 4.90 Å². The summed E-state index contributed by atoms with van der Waals surface area (Å²) in [6.07, 6.45) is 0.624. The quantitative estimate of drug-likeness (QED) is 0.641. The molecular weight excluding hydrogens is 208 g/mol. The van der Waals surface area contributed by atoms with Gasteiger partial charge in [0.15, 0.2) is 6.29 Å². The van der Waals surface area contributed by atoms with Crippen molar-refractivity contribution in [2.75, 3.05) is 27.2 Å². The Morgan fingerprint density at radius 1 is 1.50 bits per heavy atom. The summed E-state index contributed by atoms with van der Waals surface area (Å²) in [5.74, 6) is 0. The number of rotatable bonds is 5. The molecule has 3 N–H and O–H groups in total. The van der Waals surface area contributed by atoms with Crippen molar-refractivity contribution >= 4 is 0 Å². The molecule has 0 aliphatic carbocycles. The van der Waals surface area contributed by atoms with Crippen LogP contribution in [0.25, 0.3) is 0 Å². The van der Waals surface area contributed by atoms with Crippen LogP contribution in [0.15, 0.2) is 0 Å². The lowest BCUT2D eigenvalue weighted by atomic mass is 9.99. The lowest BCUT2D eigenvalue weighted by Gasteiger charge is -2.41. The summed E-state index contributed by atoms with van der Waals surface area (Å²) in [7, 11) is 3.99. The number of hydrogen-bond donors (Lipinski definition) is 2. The normalized spacial score (nSPS) is 35.6. The first-order valence-corrected chi connectivity index (χ1v) is 5.88. The average molecular weight is 232 g/mol. The van der Waals surface area contributed by atoms with E-state index < -0.39 is 6.29 Å². The minimum Gasteiger partial charge on any atom is -0.371 e. The molecule has 5 heteroatoms. The Bertz CT molecular complexity index is 202. The van der Waals surface area contributed by atoms with Gasteiger partial charge in [-0.1, -0.05) is 0 Å². The second-order valence-corrected chi connectivity index (χ2v) is 4.58. The van der Waals surface area contributed by atoms with Gasteiger partial charge in [0, 0.05) is 12.6 Å². The number of aliphatic hydroxyl groups excluding tert-OH is 1. The highest BCUT2D eigenvalue weighted by Crippen LogP contribution is 2.24. The summed E-state index contributed by atoms with van der Waals surface area (Å²) in [6, 6.07) is 0.191. The first-order chi connectivity index (χ1) is 7.56. The highest BCUT2D eigenvalue weighted by molar-refractivity contribution is 4.85. The molecule has 96 valence electrons. The van der Waals surface area contributed by atoms with Gasteiger partial charge in [-0.15, -0.1) is 0 Å². The first kappa shape index (κ1) is 13.9. The number of likely N-dealkylation sites (N-methyl/N-ethyl adjacent to an activating group) is 1. The van der Waals surface area contributed by atoms with Crippen molar-refractivity contribution in [3.63, 3.8) is 0 Å². The predicted octanol–water partition coefficient (Wildman–Crippen LogP) is -0.222. The molecule has 16 heavy (non-hydrogen) atoms. The van der Waals surface area contributed by atoms with Gasteiger partial charge in [-0.25, -0.2) is 0 Å². The Balaban J connectivity index is 2.53. The highest BCUT2D eigenvalue weighted by atomic mass is 16.6. The zero-order valence-corrected chi connectivity index (χ0v) is 10.4. The minimum atomic E-state index is -0.839. The van der Waals surface area contributed by atoms with Crippen LogP contribution < -0.4 is 5.73 Å². The molecule has 0 aromatic rings. The van der Waals surface area contributed by atoms with Crippen LogP contribution in [-0.4, -0.2) is 61.8 Å². The van der Waals surface area contributed by atoms with Gasteiger partial charge in [-0.2, -0.15) is 0 Å². The Labute approximate surface area is 97.5 Å². The number of nitrogens with zero attached hydrogens (tertiary/aromatic N) is 1. The van der Waals surface area contributed by atoms with E-state index in [1.165, 1.54) is 0 Å². The fourth-order valence-corrected chi connectivity index (χ4v) is 2.04. The summed E-state index contributed by atoms with van der Waals surface area (Å²) in [5, 5.41) is 9.85. The van der Waals surface area contributed by atoms with Gasteiger partial charge in [0.25, 0.3) is 0 Å². The summed E-state index contributed by atoms with van der Waals surface area (Å²) < 4.78 is 11.0. The molecule has 0 radical (unpaired) electrons. The zero-order chi connectivity index (χ0) is 12.1. The molecule has 4 atom stereocenters. The molecule has 1 fully saturated rings. The van der Waals surface area contributed by atoms with E-state index in [9.17, 15) is 5.11 Å². The molecule has 1 heterocycles. The Morgan fingerprint density at radius 2 is 2.19 bits per heavy atom. The maximum atomic E-state index is 9.85. The van der Waals surface area contributed by atoms with Crippen molar-refractivity contribution in [3.8, 4) is 0 Å². The van der Waals surface area contributed by atoms with E-state index in [0.717, 1.165) is 12.8 Å². The Hall–Kier alpha value is -0.200. The molecule has 0 aromatic carbocycles. The lowest BCUT2D eigenvalue weighted by Crippen LogP contribution is -2.54. The van der Waals surface area contributed by atoms with Crippen molar-refractivity contribution in [1.82, 2.24) is 4.90 Å². The molecule has 1 unspecified atom stereocenters. The van der Waals surface area contributed by atoms with E-state index in [-0.39, 0.29) is 18.2 Å². The van der Waals surface area contributed by atoms with E-state index in [1.54, 1.807) is 0 Å². The number of nitrogens with two attached hydrogens (primary N) is 1. The third-order valence-corrected chi connectivity index (χ3v) is 2.93. The summed E-state index contributed by atoms with van der Waals surface area (Å²) in [4.78, 5) is 2.08. The van der Waals surface area contributed by atoms with Crippen LogP contribution in [0.4, 0.5) is 0 Å². The molecular formula is C11H24N2O3. The van der Waals surface area contributed by atoms with E-state index in [1.807, 2.05) is 21.0 Å². The first-order valence-electron chi connectivity index (χ1n) is 5.88. The van der Waals surface area contributed by atoms with Crippen LogP contribution in [0, 0.1) is 0 Å². The van der Waals surface area contributed by atoms with Crippen LogP contribution >= 0.6 is 0 Å². The fraction of sp³-hybridized carbons (Fsp3) is 1.00. The van der Waals surface area contributed by atoms with Crippen LogP contribution in [-0.2, 0) is 9.47 Å². The predicted molar refractivity (Wildman–Crippen MR) is 62.1 cm³/mol. The third-order valence-electron chi connectivity index (χ3n) is 2.93. The standard InChI is InChI=1S/C11H24N2O3/c1-8-7-9(13(2)3)10(11(14)16-8)15-6-4-5-12/h8-11,14H,4-7,12H2,1-3H3/t8?,9-,10+,11+/m0/s1. The van der Waals surface area contributed by atoms with E-state index in [4.69, 9.17) is 15.2 Å². The largest absolute Gasteiger partial charge is 0.371 e. The second-order valence-electron chi connectivity index (χ2n) is 4.58. The number of aliphatic hydroxyl groups is 1. The molecule has 0 aromatic heterocycles. The average Bonchev–Trinajstić information content (AvgIpc) is 2.20. The van der Waals surface area contributed by atoms with Crippen molar-refractivity contribution < 1.29 is 14.6 Å². The van der Waals surface area contributed by atoms with Crippen molar-refractivity contribution in [3.05, 3.63) is 0 Å². The van der Waals surface area contributed by atoms with Crippen LogP contribution in [0.2, 0.25) is 0 Å². The van der Waals surface area contributed by atoms with Crippen LogP contribution in [0.1, 0.15) is 19.8 Å². The van der Waals surface area contributed by atoms with Crippen LogP contribution in [0.5, 0.6) is 0 Å². The Kier molecular flexibility index (Phi) is 5.64. The summed E-state index contributed by atoms with van der Waals surface area (Å²) in [5.41, 5.74) is 5.41. The van der Waals surface area contributed by atoms with Crippen molar-refractivity contribution in [2.24, 2.45) is 5.73 Å². The number of hydrogen-bond acceptors (Lipinski definition) is 5. The molecule has 0 saturated carbocycles. The molecule has 5 nitrogen and oxygen atoms in total. The fourth-order valence-electron chi connectivity index (χ4n) is 2.04. The molecule has 1 rings (SSSR count). The lowest BCUT2D eigenvalue weighted by molar-refractivity contribution is -0.243. The molecule has 1 aliphatic heterocycles. The highest BCUT2D eigenvalue weighted by Gasteiger charge is 2.38. The maximum Gasteiger partial charge on any atom is 0.182 e. The van der Waals surface area contributed by atoms with Gasteiger partial charge in [0.1, 0.15) is 6.10 Å². The summed E-state index contributed by atoms with van der Waals surface area (Å²) >= 11 is 0. The molecule has 0 amide bonds. The molecule has 0 spiro atoms. The topological polar surface area (TPSA) is 68.0 Å². The van der Waals surface area contributed by atoms with Gasteiger partial charge in [0.2, 0.25) is 0 Å². The van der Waals surface area contributed by atoms with Gasteiger partial charge in [0.05, 0.1) is 6.10 Å². The smallest absolute Gasteiger partial charge is 0.182 e. The van der Waals surface area contributed by atoms with Gasteiger partial charge in [-0.05, 0) is 40.4 Å². The molecule has 0 bridgehead atoms. The van der Waals surface area contributed by atoms with Gasteiger partial charge in [-0.3, -0.25) is 0 Å². The zero-order valence-electron chi connectivity index (χ0n) is 10.4. The molecule has 1 aliphatic rings. The summed E-state index contributed by atoms with van der Waals surface area (Å²) in [6.45, 7) is 3.14. The number of ether oxygens (including phenoxy) is 2. The van der Waals surface area contributed by atoms with Crippen molar-refractivity contribution in [1.29, 1.82) is 0 Å². The van der Waals surface area contributed by atoms with E-state index in [0.29, 0.717) is 13.2 Å². The minimum absolute atomic E-state index is 0.0664. The monoisotopic (exact) mass is 232 g/mol. The maximum absolute atomic E-state index is 9.85. The SMILES string of the molecule is CC1C[C@H](N(C)C)[C@@H](OCCCN)[C@H](O)O1. The second kappa shape index (κ2) is 6.51. The van der Waals surface area contributed by atoms with E-state index >= 15 is 0 Å².